The Bertz CT molecular complexity index is 1760. The van der Waals surface area contributed by atoms with E-state index in [9.17, 15) is 29.3 Å². The molecule has 2 atom stereocenters. The van der Waals surface area contributed by atoms with Gasteiger partial charge in [-0.25, -0.2) is 4.79 Å². The van der Waals surface area contributed by atoms with Crippen molar-refractivity contribution in [1.29, 1.82) is 0 Å². The molecule has 54 heavy (non-hydrogen) atoms. The quantitative estimate of drug-likeness (QED) is 0.0273. The number of methoxy groups -OCH3 is 2. The molecule has 0 amide bonds. The molecule has 0 aliphatic carbocycles. The summed E-state index contributed by atoms with van der Waals surface area (Å²) in [6, 6.07) is 10.8. The van der Waals surface area contributed by atoms with Crippen molar-refractivity contribution >= 4 is 54.7 Å². The van der Waals surface area contributed by atoms with Gasteiger partial charge in [-0.15, -0.1) is 10.7 Å². The van der Waals surface area contributed by atoms with Crippen molar-refractivity contribution in [1.82, 2.24) is 0 Å². The molecule has 0 heterocycles. The number of carbonyl (C=O) groups is 4. The summed E-state index contributed by atoms with van der Waals surface area (Å²) in [4.78, 5) is 64.7. The molecule has 2 rings (SSSR count). The Morgan fingerprint density at radius 1 is 0.852 bits per heavy atom. The highest BCUT2D eigenvalue weighted by atomic mass is 28.3. The lowest BCUT2D eigenvalue weighted by molar-refractivity contribution is -0.384. The highest BCUT2D eigenvalue weighted by molar-refractivity contribution is 6.83. The fourth-order valence-corrected chi connectivity index (χ4v) is 6.64. The number of azo groups is 1. The smallest absolute Gasteiger partial charge is 0.338 e. The first-order valence-corrected chi connectivity index (χ1v) is 21.2. The maximum Gasteiger partial charge on any atom is 0.338 e. The van der Waals surface area contributed by atoms with E-state index in [-0.39, 0.29) is 43.0 Å². The topological polar surface area (TPSA) is 176 Å². The zero-order valence-electron chi connectivity index (χ0n) is 33.4. The van der Waals surface area contributed by atoms with Gasteiger partial charge in [0.25, 0.3) is 5.69 Å². The first-order valence-electron chi connectivity index (χ1n) is 17.7. The lowest BCUT2D eigenvalue weighted by Crippen LogP contribution is -2.44. The van der Waals surface area contributed by atoms with E-state index in [1.807, 2.05) is 18.7 Å². The molecule has 294 valence electrons. The third-order valence-corrected chi connectivity index (χ3v) is 9.84. The van der Waals surface area contributed by atoms with Gasteiger partial charge >= 0.3 is 23.9 Å². The van der Waals surface area contributed by atoms with E-state index < -0.39 is 53.1 Å². The molecule has 0 saturated carbocycles. The third-order valence-electron chi connectivity index (χ3n) is 8.91. The lowest BCUT2D eigenvalue weighted by Gasteiger charge is -2.39. The van der Waals surface area contributed by atoms with E-state index in [0.717, 1.165) is 11.8 Å². The monoisotopic (exact) mass is 766 g/mol. The molecule has 0 aliphatic heterocycles. The number of esters is 4. The van der Waals surface area contributed by atoms with Gasteiger partial charge in [-0.05, 0) is 90.3 Å². The molecule has 0 fully saturated rings. The first-order chi connectivity index (χ1) is 25.1. The number of nitro benzene ring substituents is 1. The van der Waals surface area contributed by atoms with Gasteiger partial charge in [0.15, 0.2) is 12.3 Å². The second-order valence-corrected chi connectivity index (χ2v) is 20.0. The molecule has 0 radical (unpaired) electrons. The van der Waals surface area contributed by atoms with E-state index in [1.165, 1.54) is 26.4 Å². The zero-order valence-corrected chi connectivity index (χ0v) is 34.4. The molecule has 14 nitrogen and oxygen atoms in total. The number of carbonyl (C=O) groups excluding carboxylic acids is 4. The Labute approximate surface area is 319 Å². The summed E-state index contributed by atoms with van der Waals surface area (Å²) < 4.78 is 21.1. The number of likely N-dealkylation sites (N-methyl/N-ethyl adjacent to an activating group) is 1. The van der Waals surface area contributed by atoms with Gasteiger partial charge in [0, 0.05) is 18.3 Å². The van der Waals surface area contributed by atoms with Crippen LogP contribution in [0.25, 0.3) is 0 Å². The Kier molecular flexibility index (Phi) is 16.1. The van der Waals surface area contributed by atoms with Crippen LogP contribution in [0.5, 0.6) is 0 Å². The number of rotatable bonds is 18. The van der Waals surface area contributed by atoms with Crippen LogP contribution < -0.4 is 4.90 Å². The summed E-state index contributed by atoms with van der Waals surface area (Å²) in [7, 11) is 0.812. The van der Waals surface area contributed by atoms with Crippen molar-refractivity contribution in [3.8, 4) is 11.5 Å². The predicted octanol–water partition coefficient (Wildman–Crippen LogP) is 7.99. The maximum absolute atomic E-state index is 13.7. The SMILES string of the molecule is CCN(CCOC(=O)C(C)(C)CC(C)(CC(C)(CC)C(=O)OC)C(=O)OCC#C[Si](C)(C)C)c1ccc(/N=N/c2ccc(C(=O)OC)cc2[N+](=O)[O-])cc1. The fourth-order valence-electron chi connectivity index (χ4n) is 6.04. The number of hydrogen-bond acceptors (Lipinski definition) is 13. The van der Waals surface area contributed by atoms with E-state index in [4.69, 9.17) is 14.2 Å². The van der Waals surface area contributed by atoms with Crippen LogP contribution in [0.3, 0.4) is 0 Å². The Morgan fingerprint density at radius 2 is 1.50 bits per heavy atom. The normalized spacial score (nSPS) is 13.8. The number of benzene rings is 2. The standard InChI is InChI=1S/C39H54N4O10Si/c1-12-38(5,35(46)51-8)27-39(6,36(47)52-22-14-24-54(9,10)11)26-37(3,4)34(45)53-23-21-42(13-2)30-18-16-29(17-19-30)40-41-31-20-15-28(33(44)50-7)25-32(31)43(48)49/h15-20,25H,12-13,21-23,26-27H2,1-11H3/b41-40+. The maximum atomic E-state index is 13.7. The summed E-state index contributed by atoms with van der Waals surface area (Å²) >= 11 is 0. The highest BCUT2D eigenvalue weighted by Gasteiger charge is 2.49. The van der Waals surface area contributed by atoms with Crippen LogP contribution in [0.15, 0.2) is 52.7 Å². The number of nitro groups is 1. The summed E-state index contributed by atoms with van der Waals surface area (Å²) in [6.07, 6.45) is 0.560. The molecule has 0 aliphatic rings. The Morgan fingerprint density at radius 3 is 2.04 bits per heavy atom. The zero-order chi connectivity index (χ0) is 40.9. The minimum absolute atomic E-state index is 0.0222. The molecule has 2 unspecified atom stereocenters. The number of nitrogens with zero attached hydrogens (tertiary/aromatic N) is 4. The molecule has 0 aromatic heterocycles. The molecule has 0 N–H and O–H groups in total. The van der Waals surface area contributed by atoms with Gasteiger partial charge in [-0.2, -0.15) is 5.11 Å². The first kappa shape index (κ1) is 45.1. The molecule has 15 heteroatoms. The molecule has 0 bridgehead atoms. The van der Waals surface area contributed by atoms with Crippen molar-refractivity contribution in [2.45, 2.75) is 80.4 Å². The Hall–Kier alpha value is -5.10. The second-order valence-electron chi connectivity index (χ2n) is 15.2. The summed E-state index contributed by atoms with van der Waals surface area (Å²) in [6.45, 7) is 17.9. The average molecular weight is 767 g/mol. The predicted molar refractivity (Wildman–Crippen MR) is 208 cm³/mol. The minimum Gasteiger partial charge on any atom is -0.469 e. The molecule has 2 aromatic carbocycles. The highest BCUT2D eigenvalue weighted by Crippen LogP contribution is 2.45. The van der Waals surface area contributed by atoms with Crippen LogP contribution in [-0.4, -0.2) is 77.4 Å². The Balaban J connectivity index is 2.16. The van der Waals surface area contributed by atoms with Gasteiger partial charge in [0.2, 0.25) is 0 Å². The van der Waals surface area contributed by atoms with Crippen LogP contribution >= 0.6 is 0 Å². The van der Waals surface area contributed by atoms with Crippen LogP contribution in [0.1, 0.15) is 71.2 Å². The van der Waals surface area contributed by atoms with Gasteiger partial charge in [0.1, 0.15) is 14.7 Å². The van der Waals surface area contributed by atoms with Crippen molar-refractivity contribution < 1.29 is 43.0 Å². The van der Waals surface area contributed by atoms with Crippen LogP contribution in [-0.2, 0) is 33.3 Å². The summed E-state index contributed by atoms with van der Waals surface area (Å²) in [5.41, 5.74) is 0.669. The van der Waals surface area contributed by atoms with Gasteiger partial charge < -0.3 is 23.8 Å². The average Bonchev–Trinajstić information content (AvgIpc) is 3.12. The molecule has 0 spiro atoms. The second kappa shape index (κ2) is 19.3. The van der Waals surface area contributed by atoms with Gasteiger partial charge in [-0.1, -0.05) is 32.5 Å². The van der Waals surface area contributed by atoms with E-state index in [1.54, 1.807) is 52.0 Å². The molecule has 0 saturated heterocycles. The van der Waals surface area contributed by atoms with Crippen molar-refractivity contribution in [2.75, 3.05) is 45.4 Å². The fraction of sp³-hybridized carbons (Fsp3) is 0.538. The van der Waals surface area contributed by atoms with Crippen LogP contribution in [0, 0.1) is 37.8 Å². The number of ether oxygens (including phenoxy) is 4. The van der Waals surface area contributed by atoms with Gasteiger partial charge in [-0.3, -0.25) is 24.5 Å². The van der Waals surface area contributed by atoms with Crippen molar-refractivity contribution in [2.24, 2.45) is 26.5 Å². The number of anilines is 1. The minimum atomic E-state index is -1.68. The lowest BCUT2D eigenvalue weighted by atomic mass is 9.65. The molecular weight excluding hydrogens is 713 g/mol. The van der Waals surface area contributed by atoms with Crippen LogP contribution in [0.4, 0.5) is 22.7 Å². The van der Waals surface area contributed by atoms with Crippen LogP contribution in [0.2, 0.25) is 19.6 Å². The van der Waals surface area contributed by atoms with Crippen molar-refractivity contribution in [3.05, 3.63) is 58.1 Å². The van der Waals surface area contributed by atoms with Gasteiger partial charge in [0.05, 0.1) is 53.2 Å². The van der Waals surface area contributed by atoms with E-state index in [0.29, 0.717) is 25.2 Å². The molecular formula is C39H54N4O10Si. The summed E-state index contributed by atoms with van der Waals surface area (Å²) in [5.74, 6) is 0.738. The van der Waals surface area contributed by atoms with E-state index >= 15 is 0 Å². The summed E-state index contributed by atoms with van der Waals surface area (Å²) in [5, 5.41) is 19.7. The molecule has 2 aromatic rings. The number of hydrogen-bond donors (Lipinski definition) is 0. The third kappa shape index (κ3) is 12.8. The largest absolute Gasteiger partial charge is 0.469 e. The van der Waals surface area contributed by atoms with Crippen molar-refractivity contribution in [3.63, 3.8) is 0 Å². The van der Waals surface area contributed by atoms with E-state index in [2.05, 4.69) is 46.1 Å².